The van der Waals surface area contributed by atoms with Crippen LogP contribution in [0, 0.1) is 6.92 Å². The fourth-order valence-electron chi connectivity index (χ4n) is 2.74. The Morgan fingerprint density at radius 2 is 1.89 bits per heavy atom. The van der Waals surface area contributed by atoms with E-state index in [2.05, 4.69) is 10.3 Å². The maximum atomic E-state index is 12.8. The minimum absolute atomic E-state index is 0.0919. The minimum Gasteiger partial charge on any atom is -0.383 e. The molecule has 146 valence electrons. The molecule has 0 unspecified atom stereocenters. The average Bonchev–Trinajstić information content (AvgIpc) is 2.97. The summed E-state index contributed by atoms with van der Waals surface area (Å²) in [5.41, 5.74) is 2.61. The number of hydrogen-bond donors (Lipinski definition) is 1. The number of methoxy groups -OCH3 is 1. The molecule has 3 rings (SSSR count). The SMILES string of the molecule is COCCN1C(=O)[C@@H](CC(=O)Nc2ccc(C)cc2)SC1=Nc1ccccc1. The quantitative estimate of drug-likeness (QED) is 0.775. The molecule has 2 aromatic rings. The third-order valence-corrected chi connectivity index (χ3v) is 5.40. The summed E-state index contributed by atoms with van der Waals surface area (Å²) in [5.74, 6) is -0.307. The molecule has 1 atom stereocenters. The number of carbonyl (C=O) groups is 2. The summed E-state index contributed by atoms with van der Waals surface area (Å²) >= 11 is 1.32. The van der Waals surface area contributed by atoms with Gasteiger partial charge in [-0.1, -0.05) is 47.7 Å². The van der Waals surface area contributed by atoms with Gasteiger partial charge < -0.3 is 10.1 Å². The number of ether oxygens (including phenoxy) is 1. The molecule has 1 heterocycles. The summed E-state index contributed by atoms with van der Waals surface area (Å²) in [4.78, 5) is 31.5. The fraction of sp³-hybridized carbons (Fsp3) is 0.286. The lowest BCUT2D eigenvalue weighted by atomic mass is 10.2. The first-order chi connectivity index (χ1) is 13.6. The Hall–Kier alpha value is -2.64. The van der Waals surface area contributed by atoms with E-state index in [1.54, 1.807) is 12.0 Å². The minimum atomic E-state index is -0.496. The topological polar surface area (TPSA) is 71.0 Å². The van der Waals surface area contributed by atoms with Crippen LogP contribution >= 0.6 is 11.8 Å². The van der Waals surface area contributed by atoms with Gasteiger partial charge >= 0.3 is 0 Å². The maximum Gasteiger partial charge on any atom is 0.242 e. The van der Waals surface area contributed by atoms with Crippen molar-refractivity contribution in [2.24, 2.45) is 4.99 Å². The second kappa shape index (κ2) is 9.52. The van der Waals surface area contributed by atoms with Gasteiger partial charge in [0.2, 0.25) is 11.8 Å². The predicted octanol–water partition coefficient (Wildman–Crippen LogP) is 3.60. The monoisotopic (exact) mass is 397 g/mol. The molecule has 1 saturated heterocycles. The number of thioether (sulfide) groups is 1. The molecular formula is C21H23N3O3S. The molecule has 0 aliphatic carbocycles. The van der Waals surface area contributed by atoms with Crippen LogP contribution in [-0.2, 0) is 14.3 Å². The van der Waals surface area contributed by atoms with Crippen LogP contribution < -0.4 is 5.32 Å². The number of hydrogen-bond acceptors (Lipinski definition) is 5. The van der Waals surface area contributed by atoms with E-state index in [1.165, 1.54) is 11.8 Å². The van der Waals surface area contributed by atoms with Crippen molar-refractivity contribution in [3.05, 3.63) is 60.2 Å². The van der Waals surface area contributed by atoms with Crippen molar-refractivity contribution < 1.29 is 14.3 Å². The van der Waals surface area contributed by atoms with Crippen molar-refractivity contribution in [1.29, 1.82) is 0 Å². The number of rotatable bonds is 7. The van der Waals surface area contributed by atoms with Gasteiger partial charge in [-0.25, -0.2) is 4.99 Å². The highest BCUT2D eigenvalue weighted by atomic mass is 32.2. The van der Waals surface area contributed by atoms with Crippen LogP contribution in [-0.4, -0.2) is 47.4 Å². The number of carbonyl (C=O) groups excluding carboxylic acids is 2. The Morgan fingerprint density at radius 3 is 2.57 bits per heavy atom. The number of anilines is 1. The second-order valence-electron chi connectivity index (χ2n) is 6.44. The molecule has 0 spiro atoms. The number of nitrogens with zero attached hydrogens (tertiary/aromatic N) is 2. The van der Waals surface area contributed by atoms with Gasteiger partial charge in [0.15, 0.2) is 5.17 Å². The molecule has 2 aromatic carbocycles. The molecule has 1 fully saturated rings. The van der Waals surface area contributed by atoms with Gasteiger partial charge in [-0.15, -0.1) is 0 Å². The Kier molecular flexibility index (Phi) is 6.84. The zero-order chi connectivity index (χ0) is 19.9. The van der Waals surface area contributed by atoms with E-state index >= 15 is 0 Å². The summed E-state index contributed by atoms with van der Waals surface area (Å²) < 4.78 is 5.12. The first kappa shape index (κ1) is 20.1. The molecule has 0 aromatic heterocycles. The maximum absolute atomic E-state index is 12.8. The molecule has 1 aliphatic heterocycles. The highest BCUT2D eigenvalue weighted by Crippen LogP contribution is 2.31. The van der Waals surface area contributed by atoms with E-state index in [-0.39, 0.29) is 18.2 Å². The number of nitrogens with one attached hydrogen (secondary N) is 1. The Morgan fingerprint density at radius 1 is 1.18 bits per heavy atom. The van der Waals surface area contributed by atoms with E-state index in [4.69, 9.17) is 4.74 Å². The number of amidine groups is 1. The number of aliphatic imine (C=N–C) groups is 1. The van der Waals surface area contributed by atoms with E-state index in [1.807, 2.05) is 61.5 Å². The van der Waals surface area contributed by atoms with Crippen LogP contribution in [0.4, 0.5) is 11.4 Å². The van der Waals surface area contributed by atoms with Crippen molar-refractivity contribution in [3.63, 3.8) is 0 Å². The lowest BCUT2D eigenvalue weighted by Gasteiger charge is -2.15. The second-order valence-corrected chi connectivity index (χ2v) is 7.61. The van der Waals surface area contributed by atoms with Crippen molar-refractivity contribution in [2.75, 3.05) is 25.6 Å². The third-order valence-electron chi connectivity index (χ3n) is 4.23. The number of amides is 2. The summed E-state index contributed by atoms with van der Waals surface area (Å²) in [6, 6.07) is 17.0. The van der Waals surface area contributed by atoms with Crippen molar-refractivity contribution in [1.82, 2.24) is 4.90 Å². The van der Waals surface area contributed by atoms with Gasteiger partial charge in [0.05, 0.1) is 18.8 Å². The molecule has 0 bridgehead atoms. The van der Waals surface area contributed by atoms with Crippen molar-refractivity contribution in [2.45, 2.75) is 18.6 Å². The van der Waals surface area contributed by atoms with E-state index < -0.39 is 5.25 Å². The lowest BCUT2D eigenvalue weighted by Crippen LogP contribution is -2.35. The molecule has 0 radical (unpaired) electrons. The molecule has 0 saturated carbocycles. The van der Waals surface area contributed by atoms with E-state index in [9.17, 15) is 9.59 Å². The molecule has 1 N–H and O–H groups in total. The van der Waals surface area contributed by atoms with Crippen LogP contribution in [0.2, 0.25) is 0 Å². The van der Waals surface area contributed by atoms with Crippen LogP contribution in [0.3, 0.4) is 0 Å². The van der Waals surface area contributed by atoms with Crippen molar-refractivity contribution >= 4 is 40.1 Å². The van der Waals surface area contributed by atoms with Crippen LogP contribution in [0.5, 0.6) is 0 Å². The van der Waals surface area contributed by atoms with E-state index in [0.29, 0.717) is 18.3 Å². The van der Waals surface area contributed by atoms with Crippen LogP contribution in [0.1, 0.15) is 12.0 Å². The Bertz CT molecular complexity index is 853. The Labute approximate surface area is 169 Å². The standard InChI is InChI=1S/C21H23N3O3S/c1-15-8-10-17(11-9-15)22-19(25)14-18-20(26)24(12-13-27-2)21(28-18)23-16-6-4-3-5-7-16/h3-11,18H,12-14H2,1-2H3,(H,22,25)/t18-/m1/s1. The van der Waals surface area contributed by atoms with Gasteiger partial charge in [-0.3, -0.25) is 14.5 Å². The summed E-state index contributed by atoms with van der Waals surface area (Å²) in [5, 5.41) is 2.95. The summed E-state index contributed by atoms with van der Waals surface area (Å²) in [6.45, 7) is 2.80. The number of aryl methyl sites for hydroxylation is 1. The number of para-hydroxylation sites is 1. The first-order valence-corrected chi connectivity index (χ1v) is 9.92. The lowest BCUT2D eigenvalue weighted by molar-refractivity contribution is -0.128. The molecule has 7 heteroatoms. The molecule has 2 amide bonds. The fourth-order valence-corrected chi connectivity index (χ4v) is 3.93. The largest absolute Gasteiger partial charge is 0.383 e. The molecular weight excluding hydrogens is 374 g/mol. The molecule has 1 aliphatic rings. The molecule has 6 nitrogen and oxygen atoms in total. The van der Waals surface area contributed by atoms with Crippen LogP contribution in [0.15, 0.2) is 59.6 Å². The zero-order valence-electron chi connectivity index (χ0n) is 15.9. The number of benzene rings is 2. The smallest absolute Gasteiger partial charge is 0.242 e. The first-order valence-electron chi connectivity index (χ1n) is 9.04. The summed E-state index contributed by atoms with van der Waals surface area (Å²) in [7, 11) is 1.59. The average molecular weight is 398 g/mol. The van der Waals surface area contributed by atoms with Gasteiger partial charge in [-0.05, 0) is 31.2 Å². The van der Waals surface area contributed by atoms with Crippen molar-refractivity contribution in [3.8, 4) is 0 Å². The molecule has 28 heavy (non-hydrogen) atoms. The Balaban J connectivity index is 1.70. The van der Waals surface area contributed by atoms with Gasteiger partial charge in [0.1, 0.15) is 5.25 Å². The van der Waals surface area contributed by atoms with Crippen LogP contribution in [0.25, 0.3) is 0 Å². The summed E-state index contributed by atoms with van der Waals surface area (Å²) in [6.07, 6.45) is 0.0919. The van der Waals surface area contributed by atoms with Gasteiger partial charge in [0.25, 0.3) is 0 Å². The van der Waals surface area contributed by atoms with Gasteiger partial charge in [0, 0.05) is 19.2 Å². The third kappa shape index (κ3) is 5.21. The highest BCUT2D eigenvalue weighted by Gasteiger charge is 2.38. The highest BCUT2D eigenvalue weighted by molar-refractivity contribution is 8.15. The van der Waals surface area contributed by atoms with E-state index in [0.717, 1.165) is 16.9 Å². The van der Waals surface area contributed by atoms with Gasteiger partial charge in [-0.2, -0.15) is 0 Å². The predicted molar refractivity (Wildman–Crippen MR) is 113 cm³/mol. The zero-order valence-corrected chi connectivity index (χ0v) is 16.7. The normalized spacial score (nSPS) is 17.9.